The van der Waals surface area contributed by atoms with Crippen LogP contribution >= 0.6 is 0 Å². The number of ether oxygens (including phenoxy) is 2. The van der Waals surface area contributed by atoms with Crippen LogP contribution in [0.15, 0.2) is 54.6 Å². The Hall–Kier alpha value is -3.42. The molecular weight excluding hydrogens is 388 g/mol. The fourth-order valence-electron chi connectivity index (χ4n) is 2.93. The zero-order valence-corrected chi connectivity index (χ0v) is 16.9. The van der Waals surface area contributed by atoms with Gasteiger partial charge in [0, 0.05) is 11.5 Å². The smallest absolute Gasteiger partial charge is 0.407 e. The van der Waals surface area contributed by atoms with Crippen LogP contribution in [-0.4, -0.2) is 36.7 Å². The fraction of sp³-hybridized carbons (Fsp3) is 0.364. The number of nitro groups is 1. The number of esters is 1. The van der Waals surface area contributed by atoms with E-state index in [1.807, 2.05) is 42.5 Å². The number of nitrogens with one attached hydrogen (secondary N) is 1. The molecule has 0 aliphatic rings. The molecule has 30 heavy (non-hydrogen) atoms. The van der Waals surface area contributed by atoms with Crippen LogP contribution < -0.4 is 5.32 Å². The van der Waals surface area contributed by atoms with Gasteiger partial charge in [0.15, 0.2) is 0 Å². The SMILES string of the molecule is CCOC(=O)CC(C[N+](=O)[O-])c1ccc(CCNC(=O)OCc2ccccc2)cc1. The molecule has 0 heterocycles. The molecule has 2 aromatic carbocycles. The maximum absolute atomic E-state index is 11.8. The van der Waals surface area contributed by atoms with Gasteiger partial charge >= 0.3 is 12.1 Å². The Morgan fingerprint density at radius 3 is 2.37 bits per heavy atom. The highest BCUT2D eigenvalue weighted by Gasteiger charge is 2.22. The molecule has 0 saturated carbocycles. The van der Waals surface area contributed by atoms with Crippen molar-refractivity contribution >= 4 is 12.1 Å². The van der Waals surface area contributed by atoms with Gasteiger partial charge in [-0.3, -0.25) is 14.9 Å². The minimum Gasteiger partial charge on any atom is -0.466 e. The minimum absolute atomic E-state index is 0.0387. The molecule has 1 unspecified atom stereocenters. The molecule has 0 bridgehead atoms. The molecule has 0 fully saturated rings. The Morgan fingerprint density at radius 1 is 1.03 bits per heavy atom. The summed E-state index contributed by atoms with van der Waals surface area (Å²) in [5.74, 6) is -0.995. The Labute approximate surface area is 175 Å². The number of nitrogens with zero attached hydrogens (tertiary/aromatic N) is 1. The third-order valence-corrected chi connectivity index (χ3v) is 4.43. The number of hydrogen-bond acceptors (Lipinski definition) is 6. The van der Waals surface area contributed by atoms with Crippen LogP contribution in [0.2, 0.25) is 0 Å². The molecule has 0 aliphatic carbocycles. The van der Waals surface area contributed by atoms with E-state index in [0.29, 0.717) is 18.5 Å². The molecule has 0 aliphatic heterocycles. The summed E-state index contributed by atoms with van der Waals surface area (Å²) in [5, 5.41) is 13.6. The second-order valence-electron chi connectivity index (χ2n) is 6.70. The Kier molecular flexibility index (Phi) is 9.30. The standard InChI is InChI=1S/C22H26N2O6/c1-2-29-21(25)14-20(15-24(27)28)19-10-8-17(9-11-19)12-13-23-22(26)30-16-18-6-4-3-5-7-18/h3-11,20H,2,12-16H2,1H3,(H,23,26). The monoisotopic (exact) mass is 414 g/mol. The maximum atomic E-state index is 11.8. The zero-order chi connectivity index (χ0) is 21.8. The van der Waals surface area contributed by atoms with Crippen molar-refractivity contribution in [2.24, 2.45) is 0 Å². The summed E-state index contributed by atoms with van der Waals surface area (Å²) in [6.07, 6.45) is 0.0533. The third kappa shape index (κ3) is 8.30. The first-order valence-electron chi connectivity index (χ1n) is 9.78. The number of benzene rings is 2. The van der Waals surface area contributed by atoms with Crippen molar-refractivity contribution in [3.63, 3.8) is 0 Å². The van der Waals surface area contributed by atoms with Gasteiger partial charge in [-0.25, -0.2) is 4.79 Å². The van der Waals surface area contributed by atoms with Gasteiger partial charge in [0.25, 0.3) is 0 Å². The third-order valence-electron chi connectivity index (χ3n) is 4.43. The van der Waals surface area contributed by atoms with Gasteiger partial charge in [-0.2, -0.15) is 0 Å². The number of carbonyl (C=O) groups excluding carboxylic acids is 2. The molecule has 1 amide bonds. The molecule has 160 valence electrons. The van der Waals surface area contributed by atoms with Crippen molar-refractivity contribution in [3.05, 3.63) is 81.4 Å². The van der Waals surface area contributed by atoms with E-state index >= 15 is 0 Å². The molecule has 0 spiro atoms. The Morgan fingerprint density at radius 2 is 1.73 bits per heavy atom. The van der Waals surface area contributed by atoms with E-state index in [0.717, 1.165) is 11.1 Å². The first-order valence-corrected chi connectivity index (χ1v) is 9.78. The van der Waals surface area contributed by atoms with Gasteiger partial charge in [0.05, 0.1) is 18.9 Å². The quantitative estimate of drug-likeness (QED) is 0.343. The summed E-state index contributed by atoms with van der Waals surface area (Å²) in [6.45, 7) is 2.20. The normalized spacial score (nSPS) is 11.4. The second kappa shape index (κ2) is 12.2. The largest absolute Gasteiger partial charge is 0.466 e. The number of alkyl carbamates (subject to hydrolysis) is 1. The van der Waals surface area contributed by atoms with Gasteiger partial charge in [0.1, 0.15) is 6.61 Å². The van der Waals surface area contributed by atoms with Crippen LogP contribution in [0, 0.1) is 10.1 Å². The lowest BCUT2D eigenvalue weighted by molar-refractivity contribution is -0.483. The van der Waals surface area contributed by atoms with Gasteiger partial charge in [-0.15, -0.1) is 0 Å². The van der Waals surface area contributed by atoms with Crippen LogP contribution in [-0.2, 0) is 27.3 Å². The van der Waals surface area contributed by atoms with E-state index in [1.54, 1.807) is 19.1 Å². The van der Waals surface area contributed by atoms with Gasteiger partial charge < -0.3 is 14.8 Å². The summed E-state index contributed by atoms with van der Waals surface area (Å²) in [5.41, 5.74) is 2.58. The lowest BCUT2D eigenvalue weighted by Crippen LogP contribution is -2.26. The summed E-state index contributed by atoms with van der Waals surface area (Å²) < 4.78 is 10.1. The van der Waals surface area contributed by atoms with Crippen molar-refractivity contribution in [1.29, 1.82) is 0 Å². The van der Waals surface area contributed by atoms with Crippen molar-refractivity contribution < 1.29 is 24.0 Å². The van der Waals surface area contributed by atoms with Crippen LogP contribution in [0.5, 0.6) is 0 Å². The average Bonchev–Trinajstić information content (AvgIpc) is 2.73. The summed E-state index contributed by atoms with van der Waals surface area (Å²) in [6, 6.07) is 16.6. The highest BCUT2D eigenvalue weighted by molar-refractivity contribution is 5.70. The van der Waals surface area contributed by atoms with Crippen LogP contribution in [0.25, 0.3) is 0 Å². The Balaban J connectivity index is 1.81. The van der Waals surface area contributed by atoms with Crippen molar-refractivity contribution in [1.82, 2.24) is 5.32 Å². The number of amides is 1. The van der Waals surface area contributed by atoms with Crippen LogP contribution in [0.4, 0.5) is 4.79 Å². The molecule has 8 nitrogen and oxygen atoms in total. The number of rotatable bonds is 11. The van der Waals surface area contributed by atoms with Crippen molar-refractivity contribution in [2.45, 2.75) is 32.3 Å². The zero-order valence-electron chi connectivity index (χ0n) is 16.9. The molecule has 2 rings (SSSR count). The molecule has 2 aromatic rings. The first kappa shape index (κ1) is 22.9. The van der Waals surface area contributed by atoms with Crippen molar-refractivity contribution in [3.8, 4) is 0 Å². The molecular formula is C22H26N2O6. The highest BCUT2D eigenvalue weighted by atomic mass is 16.6. The average molecular weight is 414 g/mol. The predicted molar refractivity (Wildman–Crippen MR) is 111 cm³/mol. The summed E-state index contributed by atoms with van der Waals surface area (Å²) in [4.78, 5) is 34.0. The van der Waals surface area contributed by atoms with Gasteiger partial charge in [-0.05, 0) is 30.0 Å². The topological polar surface area (TPSA) is 108 Å². The molecule has 8 heteroatoms. The minimum atomic E-state index is -0.542. The molecule has 0 saturated heterocycles. The van der Waals surface area contributed by atoms with Gasteiger partial charge in [-0.1, -0.05) is 54.6 Å². The predicted octanol–water partition coefficient (Wildman–Crippen LogP) is 3.47. The van der Waals surface area contributed by atoms with E-state index in [1.165, 1.54) is 0 Å². The van der Waals surface area contributed by atoms with Gasteiger partial charge in [0.2, 0.25) is 6.54 Å². The summed E-state index contributed by atoms with van der Waals surface area (Å²) >= 11 is 0. The fourth-order valence-corrected chi connectivity index (χ4v) is 2.93. The highest BCUT2D eigenvalue weighted by Crippen LogP contribution is 2.21. The second-order valence-corrected chi connectivity index (χ2v) is 6.70. The van der Waals surface area contributed by atoms with E-state index in [-0.39, 0.29) is 26.2 Å². The molecule has 0 aromatic heterocycles. The molecule has 1 N–H and O–H groups in total. The lowest BCUT2D eigenvalue weighted by atomic mass is 9.94. The van der Waals surface area contributed by atoms with E-state index in [9.17, 15) is 19.7 Å². The first-order chi connectivity index (χ1) is 14.5. The van der Waals surface area contributed by atoms with E-state index < -0.39 is 22.9 Å². The van der Waals surface area contributed by atoms with Crippen LogP contribution in [0.3, 0.4) is 0 Å². The van der Waals surface area contributed by atoms with Crippen LogP contribution in [0.1, 0.15) is 36.0 Å². The Bertz CT molecular complexity index is 823. The molecule has 0 radical (unpaired) electrons. The maximum Gasteiger partial charge on any atom is 0.407 e. The summed E-state index contributed by atoms with van der Waals surface area (Å²) in [7, 11) is 0. The van der Waals surface area contributed by atoms with E-state index in [2.05, 4.69) is 5.32 Å². The van der Waals surface area contributed by atoms with E-state index in [4.69, 9.17) is 9.47 Å². The molecule has 1 atom stereocenters. The number of carbonyl (C=O) groups is 2. The number of hydrogen-bond donors (Lipinski definition) is 1. The lowest BCUT2D eigenvalue weighted by Gasteiger charge is -2.13. The van der Waals surface area contributed by atoms with Crippen molar-refractivity contribution in [2.75, 3.05) is 19.7 Å².